The summed E-state index contributed by atoms with van der Waals surface area (Å²) >= 11 is 0. The van der Waals surface area contributed by atoms with Crippen molar-refractivity contribution >= 4 is 11.5 Å². The number of rotatable bonds is 2. The van der Waals surface area contributed by atoms with Gasteiger partial charge in [-0.05, 0) is 29.5 Å². The Kier molecular flexibility index (Phi) is 3.63. The van der Waals surface area contributed by atoms with Crippen LogP contribution < -0.4 is 5.73 Å². The molecule has 0 bridgehead atoms. The van der Waals surface area contributed by atoms with Crippen LogP contribution >= 0.6 is 0 Å². The lowest BCUT2D eigenvalue weighted by molar-refractivity contribution is -0.384. The van der Waals surface area contributed by atoms with Crippen molar-refractivity contribution < 1.29 is 4.92 Å². The van der Waals surface area contributed by atoms with Gasteiger partial charge in [-0.3, -0.25) is 10.1 Å². The maximum absolute atomic E-state index is 11.2. The zero-order chi connectivity index (χ0) is 18.3. The molecule has 0 unspecified atom stereocenters. The van der Waals surface area contributed by atoms with Crippen LogP contribution in [0, 0.1) is 21.4 Å². The summed E-state index contributed by atoms with van der Waals surface area (Å²) in [6.45, 7) is 0. The standard InChI is InChI=1S/C20H14N4O2/c21-11-17-18(13-5-3-6-14(10-13)24(25)26)16-9-8-12-4-1-2-7-15(12)19(16)23-20(17)22/h1-7,10H,8-9H2,(H2,22,23). The van der Waals surface area contributed by atoms with Crippen molar-refractivity contribution in [2.75, 3.05) is 5.73 Å². The third kappa shape index (κ3) is 2.38. The number of hydrogen-bond donors (Lipinski definition) is 1. The van der Waals surface area contributed by atoms with Crippen molar-refractivity contribution in [2.24, 2.45) is 0 Å². The fourth-order valence-electron chi connectivity index (χ4n) is 3.54. The average molecular weight is 342 g/mol. The number of nitrogen functional groups attached to an aromatic ring is 1. The number of nitrogens with two attached hydrogens (primary N) is 1. The van der Waals surface area contributed by atoms with Gasteiger partial charge in [0.1, 0.15) is 17.5 Å². The molecule has 1 heterocycles. The van der Waals surface area contributed by atoms with Gasteiger partial charge in [0.2, 0.25) is 0 Å². The van der Waals surface area contributed by atoms with Gasteiger partial charge in [-0.2, -0.15) is 5.26 Å². The Bertz CT molecular complexity index is 1100. The van der Waals surface area contributed by atoms with Gasteiger partial charge < -0.3 is 5.73 Å². The Morgan fingerprint density at radius 1 is 1.15 bits per heavy atom. The first kappa shape index (κ1) is 15.8. The van der Waals surface area contributed by atoms with E-state index in [1.54, 1.807) is 12.1 Å². The maximum atomic E-state index is 11.2. The predicted molar refractivity (Wildman–Crippen MR) is 98.3 cm³/mol. The molecule has 0 aliphatic heterocycles. The Hall–Kier alpha value is -3.72. The van der Waals surface area contributed by atoms with Gasteiger partial charge >= 0.3 is 0 Å². The molecule has 0 saturated heterocycles. The van der Waals surface area contributed by atoms with Crippen LogP contribution in [0.1, 0.15) is 16.7 Å². The highest BCUT2D eigenvalue weighted by Gasteiger charge is 2.25. The molecule has 0 radical (unpaired) electrons. The van der Waals surface area contributed by atoms with E-state index in [4.69, 9.17) is 5.73 Å². The van der Waals surface area contributed by atoms with Crippen LogP contribution in [0.5, 0.6) is 0 Å². The van der Waals surface area contributed by atoms with Crippen LogP contribution in [0.25, 0.3) is 22.4 Å². The minimum absolute atomic E-state index is 0.0215. The summed E-state index contributed by atoms with van der Waals surface area (Å²) in [6, 6.07) is 16.4. The van der Waals surface area contributed by atoms with Gasteiger partial charge in [-0.1, -0.05) is 36.4 Å². The molecule has 2 aromatic carbocycles. The molecule has 126 valence electrons. The topological polar surface area (TPSA) is 106 Å². The second-order valence-electron chi connectivity index (χ2n) is 6.15. The van der Waals surface area contributed by atoms with Crippen molar-refractivity contribution in [1.82, 2.24) is 4.98 Å². The molecule has 1 aliphatic carbocycles. The molecule has 6 heteroatoms. The maximum Gasteiger partial charge on any atom is 0.270 e. The summed E-state index contributed by atoms with van der Waals surface area (Å²) in [4.78, 5) is 15.2. The first-order chi connectivity index (χ1) is 12.6. The minimum atomic E-state index is -0.443. The molecule has 2 N–H and O–H groups in total. The van der Waals surface area contributed by atoms with E-state index in [0.29, 0.717) is 17.5 Å². The molecular formula is C20H14N4O2. The van der Waals surface area contributed by atoms with Crippen LogP contribution in [-0.4, -0.2) is 9.91 Å². The summed E-state index contributed by atoms with van der Waals surface area (Å²) in [5.41, 5.74) is 11.4. The highest BCUT2D eigenvalue weighted by atomic mass is 16.6. The number of non-ortho nitro benzene ring substituents is 1. The third-order valence-corrected chi connectivity index (χ3v) is 4.70. The molecule has 1 aromatic heterocycles. The van der Waals surface area contributed by atoms with Gasteiger partial charge in [0.25, 0.3) is 5.69 Å². The van der Waals surface area contributed by atoms with Crippen LogP contribution in [-0.2, 0) is 12.8 Å². The lowest BCUT2D eigenvalue weighted by Gasteiger charge is -2.23. The number of anilines is 1. The third-order valence-electron chi connectivity index (χ3n) is 4.70. The van der Waals surface area contributed by atoms with E-state index in [-0.39, 0.29) is 17.1 Å². The van der Waals surface area contributed by atoms with Crippen molar-refractivity contribution in [2.45, 2.75) is 12.8 Å². The number of nitro groups is 1. The fourth-order valence-corrected chi connectivity index (χ4v) is 3.54. The largest absolute Gasteiger partial charge is 0.383 e. The number of fused-ring (bicyclic) bond motifs is 3. The molecule has 6 nitrogen and oxygen atoms in total. The van der Waals surface area contributed by atoms with Crippen LogP contribution in [0.2, 0.25) is 0 Å². The molecule has 0 spiro atoms. The summed E-state index contributed by atoms with van der Waals surface area (Å²) in [6.07, 6.45) is 1.52. The van der Waals surface area contributed by atoms with E-state index >= 15 is 0 Å². The van der Waals surface area contributed by atoms with E-state index in [0.717, 1.165) is 23.2 Å². The summed E-state index contributed by atoms with van der Waals surface area (Å²) < 4.78 is 0. The second-order valence-corrected chi connectivity index (χ2v) is 6.15. The van der Waals surface area contributed by atoms with Crippen molar-refractivity contribution in [1.29, 1.82) is 5.26 Å². The van der Waals surface area contributed by atoms with Gasteiger partial charge in [0.15, 0.2) is 0 Å². The molecule has 26 heavy (non-hydrogen) atoms. The monoisotopic (exact) mass is 342 g/mol. The minimum Gasteiger partial charge on any atom is -0.383 e. The number of aryl methyl sites for hydroxylation is 1. The first-order valence-corrected chi connectivity index (χ1v) is 8.15. The summed E-state index contributed by atoms with van der Waals surface area (Å²) in [5, 5.41) is 20.8. The van der Waals surface area contributed by atoms with Crippen LogP contribution in [0.4, 0.5) is 11.5 Å². The van der Waals surface area contributed by atoms with E-state index in [1.165, 1.54) is 17.7 Å². The molecule has 0 fully saturated rings. The average Bonchev–Trinajstić information content (AvgIpc) is 2.67. The number of aromatic nitrogens is 1. The van der Waals surface area contributed by atoms with Crippen molar-refractivity contribution in [3.63, 3.8) is 0 Å². The Balaban J connectivity index is 2.05. The summed E-state index contributed by atoms with van der Waals surface area (Å²) in [7, 11) is 0. The molecule has 4 rings (SSSR count). The normalized spacial score (nSPS) is 12.0. The van der Waals surface area contributed by atoms with E-state index in [9.17, 15) is 15.4 Å². The highest BCUT2D eigenvalue weighted by Crippen LogP contribution is 2.41. The lowest BCUT2D eigenvalue weighted by Crippen LogP contribution is -2.11. The van der Waals surface area contributed by atoms with Gasteiger partial charge in [0.05, 0.1) is 10.6 Å². The zero-order valence-electron chi connectivity index (χ0n) is 13.8. The predicted octanol–water partition coefficient (Wildman–Crippen LogP) is 3.88. The van der Waals surface area contributed by atoms with Crippen molar-refractivity contribution in [3.05, 3.63) is 75.3 Å². The summed E-state index contributed by atoms with van der Waals surface area (Å²) in [5.74, 6) is 0.143. The smallest absolute Gasteiger partial charge is 0.270 e. The lowest BCUT2D eigenvalue weighted by atomic mass is 9.83. The fraction of sp³-hybridized carbons (Fsp3) is 0.100. The molecular weight excluding hydrogens is 328 g/mol. The Labute approximate surface area is 149 Å². The number of nitriles is 1. The van der Waals surface area contributed by atoms with Crippen molar-refractivity contribution in [3.8, 4) is 28.5 Å². The van der Waals surface area contributed by atoms with E-state index in [1.807, 2.05) is 18.2 Å². The van der Waals surface area contributed by atoms with Gasteiger partial charge in [-0.25, -0.2) is 4.98 Å². The Morgan fingerprint density at radius 3 is 2.73 bits per heavy atom. The van der Waals surface area contributed by atoms with Gasteiger partial charge in [-0.15, -0.1) is 0 Å². The second kappa shape index (κ2) is 5.97. The quantitative estimate of drug-likeness (QED) is 0.562. The van der Waals surface area contributed by atoms with E-state index in [2.05, 4.69) is 17.1 Å². The van der Waals surface area contributed by atoms with Crippen LogP contribution in [0.15, 0.2) is 48.5 Å². The molecule has 0 saturated carbocycles. The Morgan fingerprint density at radius 2 is 1.96 bits per heavy atom. The van der Waals surface area contributed by atoms with Crippen LogP contribution in [0.3, 0.4) is 0 Å². The molecule has 3 aromatic rings. The number of pyridine rings is 1. The van der Waals surface area contributed by atoms with E-state index < -0.39 is 4.92 Å². The number of nitrogens with zero attached hydrogens (tertiary/aromatic N) is 3. The number of hydrogen-bond acceptors (Lipinski definition) is 5. The SMILES string of the molecule is N#Cc1c(N)nc2c(c1-c1cccc([N+](=O)[O-])c1)CCc1ccccc1-2. The van der Waals surface area contributed by atoms with Gasteiger partial charge in [0, 0.05) is 23.3 Å². The highest BCUT2D eigenvalue weighted by molar-refractivity contribution is 5.86. The molecule has 1 aliphatic rings. The number of benzene rings is 2. The first-order valence-electron chi connectivity index (χ1n) is 8.15. The molecule has 0 amide bonds. The number of nitro benzene ring substituents is 1. The molecule has 0 atom stereocenters. The zero-order valence-corrected chi connectivity index (χ0v) is 13.8.